The van der Waals surface area contributed by atoms with Gasteiger partial charge < -0.3 is 29.0 Å². The van der Waals surface area contributed by atoms with E-state index in [-0.39, 0.29) is 29.4 Å². The fourth-order valence-corrected chi connectivity index (χ4v) is 4.26. The summed E-state index contributed by atoms with van der Waals surface area (Å²) in [6.45, 7) is 6.12. The second-order valence-electron chi connectivity index (χ2n) is 7.03. The summed E-state index contributed by atoms with van der Waals surface area (Å²) < 4.78 is 40.6. The lowest BCUT2D eigenvalue weighted by Gasteiger charge is -2.21. The number of ether oxygens (including phenoxy) is 3. The predicted molar refractivity (Wildman–Crippen MR) is 121 cm³/mol. The number of carbonyl (C=O) groups is 2. The van der Waals surface area contributed by atoms with E-state index in [1.807, 2.05) is 0 Å². The monoisotopic (exact) mass is 505 g/mol. The number of anilines is 1. The standard InChI is InChI=1S/C18H28N5O8PS/c1-12(2)31-18(25)27-10-30-32(26,29-5-6-33-14(4)24)11-28-13(3)7-23-9-22-15-16(19)20-8-21-17(15)23/h8-9,12-13H,5-7,10-11H2,1-4H3,(H2,19,20,21)/t13-,32?/m1/s1. The van der Waals surface area contributed by atoms with Crippen molar-refractivity contribution in [3.63, 3.8) is 0 Å². The van der Waals surface area contributed by atoms with Crippen LogP contribution in [0.25, 0.3) is 11.2 Å². The molecule has 0 fully saturated rings. The first kappa shape index (κ1) is 27.0. The largest absolute Gasteiger partial charge is 0.510 e. The Kier molecular flexibility index (Phi) is 10.5. The summed E-state index contributed by atoms with van der Waals surface area (Å²) in [5.41, 5.74) is 6.79. The van der Waals surface area contributed by atoms with Gasteiger partial charge >= 0.3 is 13.8 Å². The normalized spacial score (nSPS) is 14.2. The van der Waals surface area contributed by atoms with Gasteiger partial charge in [-0.05, 0) is 20.8 Å². The van der Waals surface area contributed by atoms with Crippen LogP contribution in [0.1, 0.15) is 27.7 Å². The van der Waals surface area contributed by atoms with Crippen molar-refractivity contribution >= 4 is 47.6 Å². The SMILES string of the molecule is CC(=O)SCCOP(=O)(CO[C@H](C)Cn1cnc2c(N)ncnc21)OCOC(=O)OC(C)C. The van der Waals surface area contributed by atoms with Crippen molar-refractivity contribution < 1.29 is 37.4 Å². The Morgan fingerprint density at radius 3 is 2.67 bits per heavy atom. The minimum atomic E-state index is -3.82. The molecule has 2 heterocycles. The third-order valence-corrected chi connectivity index (χ3v) is 6.15. The van der Waals surface area contributed by atoms with Crippen LogP contribution in [0.15, 0.2) is 12.7 Å². The van der Waals surface area contributed by atoms with Gasteiger partial charge in [0.1, 0.15) is 18.2 Å². The summed E-state index contributed by atoms with van der Waals surface area (Å²) in [5, 5.41) is -0.101. The summed E-state index contributed by atoms with van der Waals surface area (Å²) in [5.74, 6) is 0.537. The van der Waals surface area contributed by atoms with E-state index >= 15 is 0 Å². The van der Waals surface area contributed by atoms with Crippen LogP contribution in [0.5, 0.6) is 0 Å². The van der Waals surface area contributed by atoms with Crippen molar-refractivity contribution in [2.24, 2.45) is 0 Å². The third kappa shape index (κ3) is 9.26. The summed E-state index contributed by atoms with van der Waals surface area (Å²) in [6, 6.07) is 0. The Balaban J connectivity index is 1.93. The van der Waals surface area contributed by atoms with Crippen LogP contribution < -0.4 is 5.73 Å². The van der Waals surface area contributed by atoms with Gasteiger partial charge in [-0.2, -0.15) is 0 Å². The van der Waals surface area contributed by atoms with E-state index in [4.69, 9.17) is 29.0 Å². The molecule has 15 heteroatoms. The molecular weight excluding hydrogens is 477 g/mol. The second kappa shape index (κ2) is 12.8. The molecule has 0 amide bonds. The predicted octanol–water partition coefficient (Wildman–Crippen LogP) is 2.80. The summed E-state index contributed by atoms with van der Waals surface area (Å²) in [4.78, 5) is 34.8. The molecule has 0 bridgehead atoms. The number of carbonyl (C=O) groups excluding carboxylic acids is 2. The molecule has 33 heavy (non-hydrogen) atoms. The lowest BCUT2D eigenvalue weighted by atomic mass is 10.4. The molecule has 0 aliphatic rings. The van der Waals surface area contributed by atoms with Crippen LogP contribution in [0.4, 0.5) is 10.6 Å². The van der Waals surface area contributed by atoms with Crippen LogP contribution in [-0.2, 0) is 39.2 Å². The maximum Gasteiger partial charge on any atom is 0.510 e. The summed E-state index contributed by atoms with van der Waals surface area (Å²) in [6.07, 6.45) is 0.679. The van der Waals surface area contributed by atoms with Crippen LogP contribution in [0, 0.1) is 0 Å². The first-order valence-electron chi connectivity index (χ1n) is 9.97. The van der Waals surface area contributed by atoms with Crippen LogP contribution in [0.3, 0.4) is 0 Å². The first-order chi connectivity index (χ1) is 15.6. The molecule has 0 aromatic carbocycles. The zero-order valence-corrected chi connectivity index (χ0v) is 20.5. The number of thioether (sulfide) groups is 1. The van der Waals surface area contributed by atoms with Gasteiger partial charge in [-0.25, -0.2) is 19.7 Å². The Hall–Kier alpha value is -2.25. The number of imidazole rings is 1. The zero-order valence-electron chi connectivity index (χ0n) is 18.8. The van der Waals surface area contributed by atoms with E-state index < -0.39 is 33.0 Å². The topological polar surface area (TPSA) is 167 Å². The van der Waals surface area contributed by atoms with E-state index in [1.165, 1.54) is 13.3 Å². The van der Waals surface area contributed by atoms with E-state index in [9.17, 15) is 14.2 Å². The van der Waals surface area contributed by atoms with Gasteiger partial charge in [-0.15, -0.1) is 0 Å². The molecule has 0 aliphatic heterocycles. The minimum Gasteiger partial charge on any atom is -0.432 e. The molecule has 0 spiro atoms. The Morgan fingerprint density at radius 2 is 1.97 bits per heavy atom. The number of rotatable bonds is 13. The van der Waals surface area contributed by atoms with E-state index in [0.717, 1.165) is 11.8 Å². The van der Waals surface area contributed by atoms with E-state index in [1.54, 1.807) is 31.7 Å². The molecule has 2 aromatic rings. The van der Waals surface area contributed by atoms with Gasteiger partial charge in [0, 0.05) is 12.7 Å². The lowest BCUT2D eigenvalue weighted by Crippen LogP contribution is -2.19. The maximum atomic E-state index is 13.1. The molecular formula is C18H28N5O8PS. The number of nitrogens with two attached hydrogens (primary N) is 1. The molecule has 2 rings (SSSR count). The Labute approximate surface area is 195 Å². The van der Waals surface area contributed by atoms with Gasteiger partial charge in [0.05, 0.1) is 31.7 Å². The molecule has 0 saturated carbocycles. The van der Waals surface area contributed by atoms with Crippen LogP contribution in [-0.4, -0.2) is 68.5 Å². The molecule has 13 nitrogen and oxygen atoms in total. The third-order valence-electron chi connectivity index (χ3n) is 3.84. The quantitative estimate of drug-likeness (QED) is 0.183. The fraction of sp³-hybridized carbons (Fsp3) is 0.611. The average molecular weight is 505 g/mol. The number of hydrogen-bond acceptors (Lipinski definition) is 13. The molecule has 2 atom stereocenters. The first-order valence-corrected chi connectivity index (χ1v) is 12.7. The van der Waals surface area contributed by atoms with E-state index in [0.29, 0.717) is 17.7 Å². The van der Waals surface area contributed by atoms with E-state index in [2.05, 4.69) is 15.0 Å². The highest BCUT2D eigenvalue weighted by Crippen LogP contribution is 2.48. The van der Waals surface area contributed by atoms with Crippen molar-refractivity contribution in [3.05, 3.63) is 12.7 Å². The van der Waals surface area contributed by atoms with Crippen molar-refractivity contribution in [1.29, 1.82) is 0 Å². The van der Waals surface area contributed by atoms with Gasteiger partial charge in [0.25, 0.3) is 0 Å². The molecule has 0 radical (unpaired) electrons. The zero-order chi connectivity index (χ0) is 24.4. The smallest absolute Gasteiger partial charge is 0.432 e. The molecule has 1 unspecified atom stereocenters. The highest BCUT2D eigenvalue weighted by molar-refractivity contribution is 8.13. The summed E-state index contributed by atoms with van der Waals surface area (Å²) in [7, 11) is -3.82. The van der Waals surface area contributed by atoms with Crippen molar-refractivity contribution in [1.82, 2.24) is 19.5 Å². The number of nitrogen functional groups attached to an aromatic ring is 1. The molecule has 0 aliphatic carbocycles. The number of hydrogen-bond donors (Lipinski definition) is 1. The number of aromatic nitrogens is 4. The van der Waals surface area contributed by atoms with Gasteiger partial charge in [-0.3, -0.25) is 13.9 Å². The van der Waals surface area contributed by atoms with Crippen molar-refractivity contribution in [2.75, 3.05) is 31.2 Å². The summed E-state index contributed by atoms with van der Waals surface area (Å²) >= 11 is 1.02. The Bertz CT molecular complexity index is 988. The molecule has 184 valence electrons. The Morgan fingerprint density at radius 1 is 1.21 bits per heavy atom. The van der Waals surface area contributed by atoms with Gasteiger partial charge in [0.15, 0.2) is 16.6 Å². The fourth-order valence-electron chi connectivity index (χ4n) is 2.44. The van der Waals surface area contributed by atoms with Crippen molar-refractivity contribution in [2.45, 2.75) is 46.4 Å². The highest BCUT2D eigenvalue weighted by atomic mass is 32.2. The minimum absolute atomic E-state index is 0.0297. The van der Waals surface area contributed by atoms with Gasteiger partial charge in [0.2, 0.25) is 6.79 Å². The molecule has 2 N–H and O–H groups in total. The van der Waals surface area contributed by atoms with Crippen LogP contribution >= 0.6 is 19.4 Å². The highest BCUT2D eigenvalue weighted by Gasteiger charge is 2.28. The lowest BCUT2D eigenvalue weighted by molar-refractivity contribution is -0.109. The maximum absolute atomic E-state index is 13.1. The number of fused-ring (bicyclic) bond motifs is 1. The number of nitrogens with zero attached hydrogens (tertiary/aromatic N) is 4. The van der Waals surface area contributed by atoms with Crippen LogP contribution in [0.2, 0.25) is 0 Å². The van der Waals surface area contributed by atoms with Gasteiger partial charge in [-0.1, -0.05) is 11.8 Å². The van der Waals surface area contributed by atoms with Crippen molar-refractivity contribution in [3.8, 4) is 0 Å². The molecule has 2 aromatic heterocycles. The molecule has 0 saturated heterocycles. The second-order valence-corrected chi connectivity index (χ2v) is 10.3. The average Bonchev–Trinajstić information content (AvgIpc) is 3.13.